The largest absolute Gasteiger partial charge is 0.416 e. The Balaban J connectivity index is 1.43. The molecule has 3 aliphatic heterocycles. The highest BCUT2D eigenvalue weighted by Gasteiger charge is 2.45. The Morgan fingerprint density at radius 3 is 2.68 bits per heavy atom. The Morgan fingerprint density at radius 1 is 1.25 bits per heavy atom. The summed E-state index contributed by atoms with van der Waals surface area (Å²) < 4.78 is 45.4. The van der Waals surface area contributed by atoms with Gasteiger partial charge < -0.3 is 14.5 Å². The van der Waals surface area contributed by atoms with E-state index in [1.165, 1.54) is 6.07 Å². The number of alkyl halides is 3. The maximum atomic E-state index is 13.3. The van der Waals surface area contributed by atoms with Gasteiger partial charge in [0, 0.05) is 19.6 Å². The van der Waals surface area contributed by atoms with E-state index in [9.17, 15) is 18.0 Å². The highest BCUT2D eigenvalue weighted by molar-refractivity contribution is 6.38. The SMILES string of the molecule is CC12COCCN1C(C(=O)N1CCC(c3ccccc3C(F)(F)F)CC1)=NN2. The van der Waals surface area contributed by atoms with Crippen molar-refractivity contribution in [3.8, 4) is 0 Å². The molecule has 0 saturated carbocycles. The van der Waals surface area contributed by atoms with Crippen molar-refractivity contribution < 1.29 is 22.7 Å². The summed E-state index contributed by atoms with van der Waals surface area (Å²) in [6.07, 6.45) is -3.37. The monoisotopic (exact) mass is 396 g/mol. The molecule has 0 aliphatic carbocycles. The molecule has 6 nitrogen and oxygen atoms in total. The van der Waals surface area contributed by atoms with Gasteiger partial charge in [-0.05, 0) is 37.3 Å². The normalized spacial score (nSPS) is 25.9. The Bertz CT molecular complexity index is 790. The zero-order valence-electron chi connectivity index (χ0n) is 15.6. The van der Waals surface area contributed by atoms with Gasteiger partial charge in [0.25, 0.3) is 5.91 Å². The van der Waals surface area contributed by atoms with Crippen molar-refractivity contribution in [2.45, 2.75) is 37.5 Å². The van der Waals surface area contributed by atoms with Crippen molar-refractivity contribution >= 4 is 11.7 Å². The van der Waals surface area contributed by atoms with Crippen LogP contribution in [-0.4, -0.2) is 60.1 Å². The van der Waals surface area contributed by atoms with E-state index in [0.717, 1.165) is 6.07 Å². The molecule has 0 aromatic heterocycles. The van der Waals surface area contributed by atoms with Crippen LogP contribution in [0.2, 0.25) is 0 Å². The van der Waals surface area contributed by atoms with Gasteiger partial charge in [0.05, 0.1) is 18.8 Å². The van der Waals surface area contributed by atoms with Gasteiger partial charge >= 0.3 is 6.18 Å². The topological polar surface area (TPSA) is 57.2 Å². The van der Waals surface area contributed by atoms with Crippen LogP contribution >= 0.6 is 0 Å². The highest BCUT2D eigenvalue weighted by Crippen LogP contribution is 2.38. The lowest BCUT2D eigenvalue weighted by atomic mass is 9.86. The number of hydrazone groups is 1. The molecule has 2 fully saturated rings. The maximum Gasteiger partial charge on any atom is 0.416 e. The van der Waals surface area contributed by atoms with Crippen LogP contribution in [0.1, 0.15) is 36.8 Å². The van der Waals surface area contributed by atoms with Crippen molar-refractivity contribution in [3.63, 3.8) is 0 Å². The summed E-state index contributed by atoms with van der Waals surface area (Å²) >= 11 is 0. The molecule has 1 amide bonds. The molecular formula is C19H23F3N4O2. The van der Waals surface area contributed by atoms with Gasteiger partial charge in [-0.25, -0.2) is 0 Å². The number of fused-ring (bicyclic) bond motifs is 1. The first-order chi connectivity index (χ1) is 13.3. The maximum absolute atomic E-state index is 13.3. The fraction of sp³-hybridized carbons (Fsp3) is 0.579. The molecule has 4 rings (SSSR count). The summed E-state index contributed by atoms with van der Waals surface area (Å²) in [6.45, 7) is 4.29. The van der Waals surface area contributed by atoms with Gasteiger partial charge in [-0.15, -0.1) is 0 Å². The van der Waals surface area contributed by atoms with Crippen molar-refractivity contribution in [1.29, 1.82) is 0 Å². The summed E-state index contributed by atoms with van der Waals surface area (Å²) in [5, 5.41) is 4.22. The first-order valence-corrected chi connectivity index (χ1v) is 9.45. The van der Waals surface area contributed by atoms with Crippen molar-refractivity contribution in [3.05, 3.63) is 35.4 Å². The molecule has 1 unspecified atom stereocenters. The minimum atomic E-state index is -4.37. The number of morpholine rings is 1. The number of nitrogens with zero attached hydrogens (tertiary/aromatic N) is 3. The van der Waals surface area contributed by atoms with Gasteiger partial charge in [0.2, 0.25) is 5.84 Å². The zero-order valence-corrected chi connectivity index (χ0v) is 15.6. The fourth-order valence-corrected chi connectivity index (χ4v) is 4.23. The Kier molecular flexibility index (Phi) is 4.73. The average molecular weight is 396 g/mol. The van der Waals surface area contributed by atoms with E-state index in [-0.39, 0.29) is 11.8 Å². The third-order valence-electron chi connectivity index (χ3n) is 5.78. The van der Waals surface area contributed by atoms with Crippen LogP contribution in [0.3, 0.4) is 0 Å². The summed E-state index contributed by atoms with van der Waals surface area (Å²) in [6, 6.07) is 5.73. The second-order valence-corrected chi connectivity index (χ2v) is 7.68. The number of nitrogens with one attached hydrogen (secondary N) is 1. The van der Waals surface area contributed by atoms with Crippen molar-refractivity contribution in [1.82, 2.24) is 15.2 Å². The second-order valence-electron chi connectivity index (χ2n) is 7.68. The Morgan fingerprint density at radius 2 is 1.96 bits per heavy atom. The van der Waals surface area contributed by atoms with Crippen LogP contribution in [0.4, 0.5) is 13.2 Å². The number of piperidine rings is 1. The number of amidine groups is 1. The third kappa shape index (κ3) is 3.32. The molecule has 1 atom stereocenters. The van der Waals surface area contributed by atoms with E-state index >= 15 is 0 Å². The molecule has 28 heavy (non-hydrogen) atoms. The molecule has 1 aromatic rings. The fourth-order valence-electron chi connectivity index (χ4n) is 4.23. The van der Waals surface area contributed by atoms with Gasteiger partial charge in [-0.2, -0.15) is 18.3 Å². The first kappa shape index (κ1) is 19.0. The average Bonchev–Trinajstić information content (AvgIpc) is 3.04. The van der Waals surface area contributed by atoms with Crippen molar-refractivity contribution in [2.75, 3.05) is 32.8 Å². The second kappa shape index (κ2) is 6.95. The number of hydrogen-bond donors (Lipinski definition) is 1. The van der Waals surface area contributed by atoms with E-state index in [2.05, 4.69) is 10.5 Å². The van der Waals surface area contributed by atoms with E-state index in [0.29, 0.717) is 57.1 Å². The van der Waals surface area contributed by atoms with Gasteiger partial charge in [0.1, 0.15) is 5.66 Å². The molecule has 1 aromatic carbocycles. The third-order valence-corrected chi connectivity index (χ3v) is 5.78. The lowest BCUT2D eigenvalue weighted by Crippen LogP contribution is -2.61. The molecule has 1 N–H and O–H groups in total. The summed E-state index contributed by atoms with van der Waals surface area (Å²) in [7, 11) is 0. The minimum Gasteiger partial charge on any atom is -0.375 e. The minimum absolute atomic E-state index is 0.180. The van der Waals surface area contributed by atoms with Crippen LogP contribution < -0.4 is 5.43 Å². The number of rotatable bonds is 2. The lowest BCUT2D eigenvalue weighted by molar-refractivity contribution is -0.138. The quantitative estimate of drug-likeness (QED) is 0.834. The van der Waals surface area contributed by atoms with Crippen LogP contribution in [0, 0.1) is 0 Å². The molecule has 0 spiro atoms. The molecule has 3 aliphatic rings. The predicted molar refractivity (Wildman–Crippen MR) is 96.5 cm³/mol. The number of carbonyl (C=O) groups is 1. The predicted octanol–water partition coefficient (Wildman–Crippen LogP) is 2.38. The lowest BCUT2D eigenvalue weighted by Gasteiger charge is -2.41. The zero-order chi connectivity index (χ0) is 19.9. The van der Waals surface area contributed by atoms with Gasteiger partial charge in [-0.1, -0.05) is 18.2 Å². The molecule has 152 valence electrons. The molecule has 2 saturated heterocycles. The van der Waals surface area contributed by atoms with Crippen LogP contribution in [0.5, 0.6) is 0 Å². The number of halogens is 3. The van der Waals surface area contributed by atoms with E-state index in [4.69, 9.17) is 4.74 Å². The molecule has 0 bridgehead atoms. The van der Waals surface area contributed by atoms with Crippen LogP contribution in [-0.2, 0) is 15.7 Å². The van der Waals surface area contributed by atoms with Crippen LogP contribution in [0.25, 0.3) is 0 Å². The van der Waals surface area contributed by atoms with Crippen LogP contribution in [0.15, 0.2) is 29.4 Å². The number of carbonyl (C=O) groups excluding carboxylic acids is 1. The Labute approximate surface area is 161 Å². The number of hydrogen-bond acceptors (Lipinski definition) is 5. The molecule has 3 heterocycles. The Hall–Kier alpha value is -2.29. The van der Waals surface area contributed by atoms with Gasteiger partial charge in [0.15, 0.2) is 0 Å². The first-order valence-electron chi connectivity index (χ1n) is 9.45. The van der Waals surface area contributed by atoms with E-state index in [1.807, 2.05) is 11.8 Å². The summed E-state index contributed by atoms with van der Waals surface area (Å²) in [4.78, 5) is 16.6. The summed E-state index contributed by atoms with van der Waals surface area (Å²) in [5.41, 5.74) is 2.21. The summed E-state index contributed by atoms with van der Waals surface area (Å²) in [5.74, 6) is -0.0280. The number of amides is 1. The number of likely N-dealkylation sites (tertiary alicyclic amines) is 1. The van der Waals surface area contributed by atoms with Crippen molar-refractivity contribution in [2.24, 2.45) is 5.10 Å². The number of benzene rings is 1. The molecule has 0 radical (unpaired) electrons. The van der Waals surface area contributed by atoms with E-state index < -0.39 is 17.4 Å². The molecule has 9 heteroatoms. The molecular weight excluding hydrogens is 373 g/mol. The van der Waals surface area contributed by atoms with E-state index in [1.54, 1.807) is 17.0 Å². The standard InChI is InChI=1S/C19H23F3N4O2/c1-18-12-28-11-10-26(18)16(23-24-18)17(27)25-8-6-13(7-9-25)14-4-2-3-5-15(14)19(20,21)22/h2-5,13,24H,6-12H2,1H3. The number of ether oxygens (including phenoxy) is 1. The highest BCUT2D eigenvalue weighted by atomic mass is 19.4. The van der Waals surface area contributed by atoms with Gasteiger partial charge in [-0.3, -0.25) is 10.2 Å². The smallest absolute Gasteiger partial charge is 0.375 e.